The summed E-state index contributed by atoms with van der Waals surface area (Å²) in [4.78, 5) is 11.5. The molecule has 0 atom stereocenters. The number of halogens is 1. The van der Waals surface area contributed by atoms with Crippen LogP contribution in [-0.4, -0.2) is 37.2 Å². The van der Waals surface area contributed by atoms with Gasteiger partial charge in [0.2, 0.25) is 5.95 Å². The topological polar surface area (TPSA) is 50.3 Å². The molecule has 0 spiro atoms. The summed E-state index contributed by atoms with van der Waals surface area (Å²) >= 11 is 2.27. The molecule has 0 unspecified atom stereocenters. The van der Waals surface area contributed by atoms with Crippen LogP contribution in [0.4, 0.5) is 11.8 Å². The van der Waals surface area contributed by atoms with Gasteiger partial charge in [-0.15, -0.1) is 0 Å². The first kappa shape index (κ1) is 13.8. The third-order valence-corrected chi connectivity index (χ3v) is 4.20. The van der Waals surface area contributed by atoms with Crippen LogP contribution in [0.3, 0.4) is 0 Å². The highest BCUT2D eigenvalue weighted by molar-refractivity contribution is 14.1. The number of piperidine rings is 1. The summed E-state index contributed by atoms with van der Waals surface area (Å²) in [5, 5.41) is 3.13. The van der Waals surface area contributed by atoms with Crippen molar-refractivity contribution in [3.63, 3.8) is 0 Å². The predicted octanol–water partition coefficient (Wildman–Crippen LogP) is 2.26. The number of nitrogens with one attached hydrogen (secondary N) is 1. The monoisotopic (exact) mass is 362 g/mol. The van der Waals surface area contributed by atoms with E-state index >= 15 is 0 Å². The van der Waals surface area contributed by atoms with Gasteiger partial charge in [0.05, 0.1) is 15.9 Å². The Labute approximate surface area is 121 Å². The maximum absolute atomic E-state index is 5.21. The number of methoxy groups -OCH3 is 1. The van der Waals surface area contributed by atoms with Crippen molar-refractivity contribution in [2.24, 2.45) is 0 Å². The Balaban J connectivity index is 2.31. The molecule has 2 heterocycles. The third-order valence-electron chi connectivity index (χ3n) is 3.06. The van der Waals surface area contributed by atoms with Crippen LogP contribution in [0.15, 0.2) is 0 Å². The van der Waals surface area contributed by atoms with Gasteiger partial charge in [0.25, 0.3) is 0 Å². The molecule has 18 heavy (non-hydrogen) atoms. The van der Waals surface area contributed by atoms with Crippen molar-refractivity contribution in [3.05, 3.63) is 9.26 Å². The average molecular weight is 362 g/mol. The maximum Gasteiger partial charge on any atom is 0.227 e. The van der Waals surface area contributed by atoms with E-state index < -0.39 is 0 Å². The van der Waals surface area contributed by atoms with Gasteiger partial charge in [0.1, 0.15) is 5.82 Å². The van der Waals surface area contributed by atoms with Gasteiger partial charge >= 0.3 is 0 Å². The van der Waals surface area contributed by atoms with Crippen LogP contribution >= 0.6 is 22.6 Å². The largest absolute Gasteiger partial charge is 0.378 e. The minimum Gasteiger partial charge on any atom is -0.378 e. The molecule has 1 aromatic heterocycles. The van der Waals surface area contributed by atoms with Crippen LogP contribution < -0.4 is 10.2 Å². The second kappa shape index (κ2) is 6.51. The van der Waals surface area contributed by atoms with Gasteiger partial charge in [-0.05, 0) is 41.9 Å². The predicted molar refractivity (Wildman–Crippen MR) is 81.1 cm³/mol. The van der Waals surface area contributed by atoms with Crippen molar-refractivity contribution in [1.29, 1.82) is 0 Å². The highest BCUT2D eigenvalue weighted by Crippen LogP contribution is 2.24. The smallest absolute Gasteiger partial charge is 0.227 e. The minimum absolute atomic E-state index is 0.524. The van der Waals surface area contributed by atoms with Crippen LogP contribution in [0.25, 0.3) is 0 Å². The number of hydrogen-bond donors (Lipinski definition) is 1. The molecule has 1 saturated heterocycles. The van der Waals surface area contributed by atoms with E-state index in [9.17, 15) is 0 Å². The molecule has 1 aliphatic rings. The van der Waals surface area contributed by atoms with E-state index in [1.165, 1.54) is 19.3 Å². The zero-order valence-electron chi connectivity index (χ0n) is 10.9. The van der Waals surface area contributed by atoms with Crippen LogP contribution in [0.5, 0.6) is 0 Å². The van der Waals surface area contributed by atoms with E-state index in [2.05, 4.69) is 42.8 Å². The zero-order chi connectivity index (χ0) is 13.0. The summed E-state index contributed by atoms with van der Waals surface area (Å²) in [5.74, 6) is 1.71. The Kier molecular flexibility index (Phi) is 4.99. The van der Waals surface area contributed by atoms with E-state index in [-0.39, 0.29) is 0 Å². The summed E-state index contributed by atoms with van der Waals surface area (Å²) in [7, 11) is 3.58. The highest BCUT2D eigenvalue weighted by atomic mass is 127. The molecule has 0 aromatic carbocycles. The SMILES string of the molecule is CNc1nc(N2CCCCC2)nc(COC)c1I. The van der Waals surface area contributed by atoms with Crippen LogP contribution in [0.2, 0.25) is 0 Å². The van der Waals surface area contributed by atoms with Crippen molar-refractivity contribution in [3.8, 4) is 0 Å². The molecule has 1 aromatic rings. The second-order valence-electron chi connectivity index (χ2n) is 4.36. The summed E-state index contributed by atoms with van der Waals surface area (Å²) in [6.45, 7) is 2.63. The van der Waals surface area contributed by atoms with Gasteiger partial charge in [-0.2, -0.15) is 4.98 Å². The fraction of sp³-hybridized carbons (Fsp3) is 0.667. The Hall–Kier alpha value is -0.630. The first-order valence-corrected chi connectivity index (χ1v) is 7.32. The Morgan fingerprint density at radius 1 is 1.28 bits per heavy atom. The van der Waals surface area contributed by atoms with Crippen molar-refractivity contribution < 1.29 is 4.74 Å². The van der Waals surface area contributed by atoms with Gasteiger partial charge in [-0.3, -0.25) is 0 Å². The van der Waals surface area contributed by atoms with E-state index in [1.54, 1.807) is 7.11 Å². The summed E-state index contributed by atoms with van der Waals surface area (Å²) < 4.78 is 6.25. The fourth-order valence-corrected chi connectivity index (χ4v) is 2.78. The van der Waals surface area contributed by atoms with Crippen molar-refractivity contribution in [1.82, 2.24) is 9.97 Å². The quantitative estimate of drug-likeness (QED) is 0.833. The van der Waals surface area contributed by atoms with Crippen LogP contribution in [0, 0.1) is 3.57 Å². The molecule has 5 nitrogen and oxygen atoms in total. The third kappa shape index (κ3) is 3.03. The lowest BCUT2D eigenvalue weighted by molar-refractivity contribution is 0.181. The number of aromatic nitrogens is 2. The van der Waals surface area contributed by atoms with Gasteiger partial charge in [-0.25, -0.2) is 4.98 Å². The molecule has 0 bridgehead atoms. The van der Waals surface area contributed by atoms with E-state index in [0.717, 1.165) is 34.1 Å². The first-order valence-electron chi connectivity index (χ1n) is 6.24. The van der Waals surface area contributed by atoms with E-state index in [4.69, 9.17) is 4.74 Å². The molecule has 0 amide bonds. The molecule has 1 N–H and O–H groups in total. The van der Waals surface area contributed by atoms with Gasteiger partial charge < -0.3 is 15.0 Å². The lowest BCUT2D eigenvalue weighted by Gasteiger charge is -2.27. The molecule has 0 saturated carbocycles. The Morgan fingerprint density at radius 3 is 2.61 bits per heavy atom. The summed E-state index contributed by atoms with van der Waals surface area (Å²) in [6.07, 6.45) is 3.76. The van der Waals surface area contributed by atoms with Crippen LogP contribution in [0.1, 0.15) is 25.0 Å². The van der Waals surface area contributed by atoms with Crippen molar-refractivity contribution in [2.75, 3.05) is 37.5 Å². The number of anilines is 2. The molecule has 6 heteroatoms. The van der Waals surface area contributed by atoms with Crippen molar-refractivity contribution in [2.45, 2.75) is 25.9 Å². The fourth-order valence-electron chi connectivity index (χ4n) is 2.11. The van der Waals surface area contributed by atoms with Crippen molar-refractivity contribution >= 4 is 34.4 Å². The molecular weight excluding hydrogens is 343 g/mol. The maximum atomic E-state index is 5.21. The van der Waals surface area contributed by atoms with E-state index in [1.807, 2.05) is 7.05 Å². The highest BCUT2D eigenvalue weighted by Gasteiger charge is 2.17. The van der Waals surface area contributed by atoms with Gasteiger partial charge in [0, 0.05) is 27.2 Å². The Morgan fingerprint density at radius 2 is 2.00 bits per heavy atom. The van der Waals surface area contributed by atoms with E-state index in [0.29, 0.717) is 6.61 Å². The number of rotatable bonds is 4. The first-order chi connectivity index (χ1) is 8.76. The summed E-state index contributed by atoms with van der Waals surface area (Å²) in [5.41, 5.74) is 0.957. The number of nitrogens with zero attached hydrogens (tertiary/aromatic N) is 3. The lowest BCUT2D eigenvalue weighted by atomic mass is 10.1. The zero-order valence-corrected chi connectivity index (χ0v) is 13.0. The molecule has 2 rings (SSSR count). The number of ether oxygens (including phenoxy) is 1. The molecule has 0 aliphatic carbocycles. The normalized spacial score (nSPS) is 15.8. The molecule has 100 valence electrons. The Bertz CT molecular complexity index is 407. The molecule has 1 fully saturated rings. The molecule has 0 radical (unpaired) electrons. The minimum atomic E-state index is 0.524. The number of hydrogen-bond acceptors (Lipinski definition) is 5. The average Bonchev–Trinajstić information content (AvgIpc) is 2.42. The molecule has 1 aliphatic heterocycles. The standard InChI is InChI=1S/C12H19IN4O/c1-14-11-10(13)9(8-18-2)15-12(16-11)17-6-4-3-5-7-17/h3-8H2,1-2H3,(H,14,15,16). The van der Waals surface area contributed by atoms with Crippen LogP contribution in [-0.2, 0) is 11.3 Å². The lowest BCUT2D eigenvalue weighted by Crippen LogP contribution is -2.31. The van der Waals surface area contributed by atoms with Gasteiger partial charge in [-0.1, -0.05) is 0 Å². The summed E-state index contributed by atoms with van der Waals surface area (Å²) in [6, 6.07) is 0. The second-order valence-corrected chi connectivity index (χ2v) is 5.44. The van der Waals surface area contributed by atoms with Gasteiger partial charge in [0.15, 0.2) is 0 Å². The molecular formula is C12H19IN4O.